The molecule has 12 heteroatoms. The summed E-state index contributed by atoms with van der Waals surface area (Å²) < 4.78 is 0.532. The van der Waals surface area contributed by atoms with Gasteiger partial charge in [0.1, 0.15) is 0 Å². The largest absolute Gasteiger partial charge is 0.326 e. The van der Waals surface area contributed by atoms with Gasteiger partial charge in [0.2, 0.25) is 28.8 Å². The Bertz CT molecular complexity index is 1230. The molecule has 1 aliphatic heterocycles. The fraction of sp³-hybridized carbons (Fsp3) is 0.217. The van der Waals surface area contributed by atoms with Crippen LogP contribution in [0.15, 0.2) is 58.9 Å². The van der Waals surface area contributed by atoms with Crippen molar-refractivity contribution in [2.24, 2.45) is 5.92 Å². The van der Waals surface area contributed by atoms with Crippen molar-refractivity contribution in [1.82, 2.24) is 10.2 Å². The average Bonchev–Trinajstić information content (AvgIpc) is 3.45. The van der Waals surface area contributed by atoms with Gasteiger partial charge in [0.05, 0.1) is 11.7 Å². The highest BCUT2D eigenvalue weighted by atomic mass is 32.2. The first kappa shape index (κ1) is 24.4. The van der Waals surface area contributed by atoms with E-state index in [1.165, 1.54) is 18.7 Å². The highest BCUT2D eigenvalue weighted by molar-refractivity contribution is 8.01. The summed E-state index contributed by atoms with van der Waals surface area (Å²) in [6.07, 6.45) is 0.132. The number of hydrogen-bond acceptors (Lipinski definition) is 8. The van der Waals surface area contributed by atoms with Gasteiger partial charge in [-0.15, -0.1) is 10.2 Å². The maximum Gasteiger partial charge on any atom is 0.234 e. The van der Waals surface area contributed by atoms with Gasteiger partial charge in [-0.3, -0.25) is 19.2 Å². The number of benzene rings is 2. The standard InChI is InChI=1S/C23H22N6O4S2/c1-14(30)24-16-7-9-17(10-8-16)25-19(31)13-34-23-28-27-22(35-23)26-21(33)15-11-20(32)29(12-15)18-5-3-2-4-6-18/h2-10,15H,11-13H2,1H3,(H,24,30)(H,25,31)(H,26,27,33)/t15-/m0/s1. The van der Waals surface area contributed by atoms with E-state index in [0.717, 1.165) is 17.0 Å². The van der Waals surface area contributed by atoms with Crippen LogP contribution in [0.4, 0.5) is 22.2 Å². The number of aromatic nitrogens is 2. The summed E-state index contributed by atoms with van der Waals surface area (Å²) in [5, 5.41) is 16.5. The minimum absolute atomic E-state index is 0.0966. The Kier molecular flexibility index (Phi) is 7.73. The monoisotopic (exact) mass is 510 g/mol. The van der Waals surface area contributed by atoms with Crippen molar-refractivity contribution in [3.63, 3.8) is 0 Å². The van der Waals surface area contributed by atoms with Crippen molar-refractivity contribution in [2.45, 2.75) is 17.7 Å². The first-order valence-corrected chi connectivity index (χ1v) is 12.5. The van der Waals surface area contributed by atoms with Crippen molar-refractivity contribution in [3.05, 3.63) is 54.6 Å². The lowest BCUT2D eigenvalue weighted by Gasteiger charge is -2.16. The van der Waals surface area contributed by atoms with Gasteiger partial charge in [0.25, 0.3) is 0 Å². The van der Waals surface area contributed by atoms with Crippen molar-refractivity contribution in [2.75, 3.05) is 33.1 Å². The van der Waals surface area contributed by atoms with Crippen LogP contribution in [0.25, 0.3) is 0 Å². The molecule has 0 saturated carbocycles. The molecule has 2 heterocycles. The van der Waals surface area contributed by atoms with Gasteiger partial charge in [-0.25, -0.2) is 0 Å². The third-order valence-corrected chi connectivity index (χ3v) is 6.99. The minimum atomic E-state index is -0.481. The molecule has 1 saturated heterocycles. The molecule has 4 rings (SSSR count). The second-order valence-electron chi connectivity index (χ2n) is 7.70. The summed E-state index contributed by atoms with van der Waals surface area (Å²) in [6, 6.07) is 16.0. The number of carbonyl (C=O) groups excluding carboxylic acids is 4. The molecule has 4 amide bonds. The quantitative estimate of drug-likeness (QED) is 0.313. The van der Waals surface area contributed by atoms with Crippen LogP contribution >= 0.6 is 23.1 Å². The molecule has 10 nitrogen and oxygen atoms in total. The predicted octanol–water partition coefficient (Wildman–Crippen LogP) is 3.22. The number of para-hydroxylation sites is 1. The Hall–Kier alpha value is -3.77. The Morgan fingerprint density at radius 1 is 1.00 bits per heavy atom. The molecule has 1 aromatic heterocycles. The smallest absolute Gasteiger partial charge is 0.234 e. The molecular formula is C23H22N6O4S2. The molecule has 3 aromatic rings. The summed E-state index contributed by atoms with van der Waals surface area (Å²) in [6.45, 7) is 1.73. The molecule has 35 heavy (non-hydrogen) atoms. The first-order chi connectivity index (χ1) is 16.9. The van der Waals surface area contributed by atoms with Gasteiger partial charge in [-0.2, -0.15) is 0 Å². The van der Waals surface area contributed by atoms with E-state index in [4.69, 9.17) is 0 Å². The van der Waals surface area contributed by atoms with Gasteiger partial charge in [0.15, 0.2) is 4.34 Å². The summed E-state index contributed by atoms with van der Waals surface area (Å²) in [5.74, 6) is -1.15. The number of rotatable bonds is 8. The Morgan fingerprint density at radius 3 is 2.37 bits per heavy atom. The molecule has 1 fully saturated rings. The van der Waals surface area contributed by atoms with Crippen LogP contribution in [-0.4, -0.2) is 46.1 Å². The molecule has 180 valence electrons. The van der Waals surface area contributed by atoms with Crippen LogP contribution in [0.3, 0.4) is 0 Å². The molecular weight excluding hydrogens is 488 g/mol. The van der Waals surface area contributed by atoms with Gasteiger partial charge < -0.3 is 20.9 Å². The van der Waals surface area contributed by atoms with Gasteiger partial charge >= 0.3 is 0 Å². The summed E-state index contributed by atoms with van der Waals surface area (Å²) in [7, 11) is 0. The molecule has 1 atom stereocenters. The van der Waals surface area contributed by atoms with Crippen molar-refractivity contribution >= 4 is 68.9 Å². The number of amides is 4. The van der Waals surface area contributed by atoms with E-state index in [1.54, 1.807) is 29.2 Å². The predicted molar refractivity (Wildman–Crippen MR) is 136 cm³/mol. The topological polar surface area (TPSA) is 133 Å². The zero-order valence-electron chi connectivity index (χ0n) is 18.7. The fourth-order valence-corrected chi connectivity index (χ4v) is 4.99. The molecule has 2 aromatic carbocycles. The number of thioether (sulfide) groups is 1. The van der Waals surface area contributed by atoms with E-state index in [-0.39, 0.29) is 35.8 Å². The lowest BCUT2D eigenvalue weighted by molar-refractivity contribution is -0.122. The van der Waals surface area contributed by atoms with Crippen LogP contribution in [0.1, 0.15) is 13.3 Å². The third kappa shape index (κ3) is 6.64. The first-order valence-electron chi connectivity index (χ1n) is 10.7. The third-order valence-electron chi connectivity index (χ3n) is 5.02. The Balaban J connectivity index is 1.24. The lowest BCUT2D eigenvalue weighted by atomic mass is 10.1. The molecule has 0 unspecified atom stereocenters. The second kappa shape index (κ2) is 11.1. The molecule has 0 aliphatic carbocycles. The summed E-state index contributed by atoms with van der Waals surface area (Å²) >= 11 is 2.36. The molecule has 0 spiro atoms. The average molecular weight is 511 g/mol. The number of nitrogens with one attached hydrogen (secondary N) is 3. The SMILES string of the molecule is CC(=O)Nc1ccc(NC(=O)CSc2nnc(NC(=O)[C@H]3CC(=O)N(c4ccccc4)C3)s2)cc1. The maximum absolute atomic E-state index is 12.7. The number of hydrogen-bond donors (Lipinski definition) is 3. The number of nitrogens with zero attached hydrogens (tertiary/aromatic N) is 3. The van der Waals surface area contributed by atoms with Crippen LogP contribution in [0, 0.1) is 5.92 Å². The zero-order valence-corrected chi connectivity index (χ0v) is 20.3. The summed E-state index contributed by atoms with van der Waals surface area (Å²) in [5.41, 5.74) is 2.01. The normalized spacial score (nSPS) is 15.1. The van der Waals surface area contributed by atoms with Gasteiger partial charge in [-0.05, 0) is 36.4 Å². The van der Waals surface area contributed by atoms with Crippen LogP contribution in [0.2, 0.25) is 0 Å². The van der Waals surface area contributed by atoms with Crippen molar-refractivity contribution in [3.8, 4) is 0 Å². The zero-order chi connectivity index (χ0) is 24.8. The summed E-state index contributed by atoms with van der Waals surface area (Å²) in [4.78, 5) is 49.9. The Morgan fingerprint density at radius 2 is 1.69 bits per heavy atom. The minimum Gasteiger partial charge on any atom is -0.326 e. The van der Waals surface area contributed by atoms with Gasteiger partial charge in [-0.1, -0.05) is 41.3 Å². The van der Waals surface area contributed by atoms with Crippen molar-refractivity contribution in [1.29, 1.82) is 0 Å². The number of anilines is 4. The van der Waals surface area contributed by atoms with E-state index in [9.17, 15) is 19.2 Å². The van der Waals surface area contributed by atoms with E-state index >= 15 is 0 Å². The molecule has 3 N–H and O–H groups in total. The molecule has 0 bridgehead atoms. The van der Waals surface area contributed by atoms with E-state index in [1.807, 2.05) is 30.3 Å². The highest BCUT2D eigenvalue weighted by Gasteiger charge is 2.35. The van der Waals surface area contributed by atoms with Gasteiger partial charge in [0, 0.05) is 37.0 Å². The molecule has 0 radical (unpaired) electrons. The van der Waals surface area contributed by atoms with Crippen LogP contribution in [0.5, 0.6) is 0 Å². The lowest BCUT2D eigenvalue weighted by Crippen LogP contribution is -2.28. The maximum atomic E-state index is 12.7. The second-order valence-corrected chi connectivity index (χ2v) is 9.90. The van der Waals surface area contributed by atoms with Crippen molar-refractivity contribution < 1.29 is 19.2 Å². The van der Waals surface area contributed by atoms with E-state index in [0.29, 0.717) is 27.4 Å². The van der Waals surface area contributed by atoms with Crippen LogP contribution < -0.4 is 20.9 Å². The molecule has 1 aliphatic rings. The highest BCUT2D eigenvalue weighted by Crippen LogP contribution is 2.28. The van der Waals surface area contributed by atoms with E-state index in [2.05, 4.69) is 26.1 Å². The van der Waals surface area contributed by atoms with E-state index < -0.39 is 5.92 Å². The Labute approximate surface area is 209 Å². The fourth-order valence-electron chi connectivity index (χ4n) is 3.43. The number of carbonyl (C=O) groups is 4. The van der Waals surface area contributed by atoms with Crippen LogP contribution in [-0.2, 0) is 19.2 Å².